The maximum absolute atomic E-state index is 13.9. The van der Waals surface area contributed by atoms with Gasteiger partial charge < -0.3 is 14.5 Å². The highest BCUT2D eigenvalue weighted by Crippen LogP contribution is 2.34. The number of ether oxygens (including phenoxy) is 1. The largest absolute Gasteiger partial charge is 0.379 e. The molecule has 1 spiro atoms. The molecule has 1 aromatic carbocycles. The summed E-state index contributed by atoms with van der Waals surface area (Å²) in [4.78, 5) is 19.0. The number of hydrogen-bond acceptors (Lipinski definition) is 4. The van der Waals surface area contributed by atoms with Gasteiger partial charge in [0.2, 0.25) is 5.91 Å². The summed E-state index contributed by atoms with van der Waals surface area (Å²) in [6.07, 6.45) is 1.66. The molecule has 2 fully saturated rings. The van der Waals surface area contributed by atoms with Gasteiger partial charge in [0.05, 0.1) is 19.6 Å². The van der Waals surface area contributed by atoms with E-state index in [9.17, 15) is 13.6 Å². The van der Waals surface area contributed by atoms with Gasteiger partial charge in [0.25, 0.3) is 0 Å². The zero-order chi connectivity index (χ0) is 20.1. The molecule has 1 amide bonds. The molecule has 2 aliphatic heterocycles. The molecular weight excluding hydrogens is 364 g/mol. The third-order valence-electron chi connectivity index (χ3n) is 5.93. The van der Waals surface area contributed by atoms with Crippen LogP contribution in [0.15, 0.2) is 18.2 Å². The Hall–Kier alpha value is -1.57. The maximum Gasteiger partial charge on any atom is 0.227 e. The summed E-state index contributed by atoms with van der Waals surface area (Å²) in [7, 11) is 4.16. The van der Waals surface area contributed by atoms with Crippen LogP contribution in [0.1, 0.15) is 18.4 Å². The van der Waals surface area contributed by atoms with Gasteiger partial charge in [0, 0.05) is 50.2 Å². The third-order valence-corrected chi connectivity index (χ3v) is 5.93. The highest BCUT2D eigenvalue weighted by molar-refractivity contribution is 5.79. The van der Waals surface area contributed by atoms with Crippen molar-refractivity contribution in [3.8, 4) is 0 Å². The number of amides is 1. The molecular formula is C21H31F2N3O2. The van der Waals surface area contributed by atoms with Crippen molar-refractivity contribution < 1.29 is 18.3 Å². The summed E-state index contributed by atoms with van der Waals surface area (Å²) in [6, 6.07) is 3.99. The highest BCUT2D eigenvalue weighted by Gasteiger charge is 2.39. The molecule has 2 aliphatic rings. The normalized spacial score (nSPS) is 20.5. The monoisotopic (exact) mass is 395 g/mol. The standard InChI is InChI=1S/C21H31F2N3O2/c1-24(2)10-11-25-12-13-28-16-21(15-25)6-8-26(9-7-21)19(27)14-17-4-3-5-18(22)20(17)23/h3-5H,6-16H2,1-2H3. The lowest BCUT2D eigenvalue weighted by atomic mass is 9.78. The quantitative estimate of drug-likeness (QED) is 0.764. The van der Waals surface area contributed by atoms with Crippen molar-refractivity contribution in [1.29, 1.82) is 0 Å². The van der Waals surface area contributed by atoms with E-state index in [0.29, 0.717) is 13.1 Å². The van der Waals surface area contributed by atoms with Crippen LogP contribution in [-0.2, 0) is 16.0 Å². The van der Waals surface area contributed by atoms with E-state index in [2.05, 4.69) is 23.9 Å². The maximum atomic E-state index is 13.9. The van der Waals surface area contributed by atoms with Gasteiger partial charge in [-0.15, -0.1) is 0 Å². The Balaban J connectivity index is 1.56. The van der Waals surface area contributed by atoms with Crippen molar-refractivity contribution in [2.75, 3.05) is 66.6 Å². The van der Waals surface area contributed by atoms with E-state index in [1.807, 2.05) is 0 Å². The molecule has 5 nitrogen and oxygen atoms in total. The van der Waals surface area contributed by atoms with Crippen LogP contribution in [0.5, 0.6) is 0 Å². The second-order valence-corrected chi connectivity index (χ2v) is 8.40. The molecule has 0 aromatic heterocycles. The second-order valence-electron chi connectivity index (χ2n) is 8.40. The van der Waals surface area contributed by atoms with Crippen molar-refractivity contribution in [3.05, 3.63) is 35.4 Å². The molecule has 0 atom stereocenters. The summed E-state index contributed by atoms with van der Waals surface area (Å²) >= 11 is 0. The van der Waals surface area contributed by atoms with Gasteiger partial charge in [-0.1, -0.05) is 12.1 Å². The fourth-order valence-corrected chi connectivity index (χ4v) is 4.11. The van der Waals surface area contributed by atoms with Crippen LogP contribution < -0.4 is 0 Å². The number of piperidine rings is 1. The Kier molecular flexibility index (Phi) is 7.01. The number of carbonyl (C=O) groups is 1. The van der Waals surface area contributed by atoms with Gasteiger partial charge in [0.15, 0.2) is 11.6 Å². The molecule has 0 unspecified atom stereocenters. The smallest absolute Gasteiger partial charge is 0.227 e. The van der Waals surface area contributed by atoms with Gasteiger partial charge >= 0.3 is 0 Å². The van der Waals surface area contributed by atoms with E-state index < -0.39 is 11.6 Å². The first-order valence-electron chi connectivity index (χ1n) is 10.0. The molecule has 2 heterocycles. The zero-order valence-corrected chi connectivity index (χ0v) is 16.9. The van der Waals surface area contributed by atoms with E-state index >= 15 is 0 Å². The summed E-state index contributed by atoms with van der Waals surface area (Å²) in [5.41, 5.74) is 0.196. The molecule has 28 heavy (non-hydrogen) atoms. The lowest BCUT2D eigenvalue weighted by Gasteiger charge is -2.42. The Morgan fingerprint density at radius 1 is 1.21 bits per heavy atom. The Morgan fingerprint density at radius 2 is 1.96 bits per heavy atom. The van der Waals surface area contributed by atoms with E-state index in [0.717, 1.165) is 58.3 Å². The molecule has 2 saturated heterocycles. The van der Waals surface area contributed by atoms with E-state index in [4.69, 9.17) is 4.74 Å². The molecule has 0 saturated carbocycles. The Labute approximate surface area is 166 Å². The van der Waals surface area contributed by atoms with Gasteiger partial charge in [-0.05, 0) is 33.0 Å². The predicted molar refractivity (Wildman–Crippen MR) is 104 cm³/mol. The second kappa shape index (κ2) is 9.29. The topological polar surface area (TPSA) is 36.0 Å². The average molecular weight is 395 g/mol. The first-order chi connectivity index (χ1) is 13.4. The number of benzene rings is 1. The first kappa shape index (κ1) is 21.1. The third kappa shape index (κ3) is 5.27. The molecule has 0 aliphatic carbocycles. The molecule has 0 radical (unpaired) electrons. The molecule has 0 bridgehead atoms. The van der Waals surface area contributed by atoms with E-state index in [1.54, 1.807) is 4.90 Å². The van der Waals surface area contributed by atoms with Crippen molar-refractivity contribution in [2.45, 2.75) is 19.3 Å². The minimum absolute atomic E-state index is 0.0731. The van der Waals surface area contributed by atoms with Crippen LogP contribution in [0.2, 0.25) is 0 Å². The summed E-state index contributed by atoms with van der Waals surface area (Å²) < 4.78 is 33.1. The summed E-state index contributed by atoms with van der Waals surface area (Å²) in [5, 5.41) is 0. The lowest BCUT2D eigenvalue weighted by Crippen LogP contribution is -2.49. The van der Waals surface area contributed by atoms with Gasteiger partial charge in [-0.3, -0.25) is 9.69 Å². The Bertz CT molecular complexity index is 676. The fourth-order valence-electron chi connectivity index (χ4n) is 4.11. The number of rotatable bonds is 5. The van der Waals surface area contributed by atoms with Crippen molar-refractivity contribution >= 4 is 5.91 Å². The average Bonchev–Trinajstić information content (AvgIpc) is 2.86. The summed E-state index contributed by atoms with van der Waals surface area (Å²) in [5.74, 6) is -1.97. The number of nitrogens with zero attached hydrogens (tertiary/aromatic N) is 3. The molecule has 0 N–H and O–H groups in total. The van der Waals surface area contributed by atoms with E-state index in [-0.39, 0.29) is 23.3 Å². The van der Waals surface area contributed by atoms with Crippen molar-refractivity contribution in [1.82, 2.24) is 14.7 Å². The van der Waals surface area contributed by atoms with Gasteiger partial charge in [-0.25, -0.2) is 8.78 Å². The fraction of sp³-hybridized carbons (Fsp3) is 0.667. The molecule has 156 valence electrons. The minimum Gasteiger partial charge on any atom is -0.379 e. The van der Waals surface area contributed by atoms with Crippen molar-refractivity contribution in [3.63, 3.8) is 0 Å². The van der Waals surface area contributed by atoms with Gasteiger partial charge in [-0.2, -0.15) is 0 Å². The molecule has 7 heteroatoms. The lowest BCUT2D eigenvalue weighted by molar-refractivity contribution is -0.133. The van der Waals surface area contributed by atoms with Crippen LogP contribution in [0.3, 0.4) is 0 Å². The summed E-state index contributed by atoms with van der Waals surface area (Å²) in [6.45, 7) is 6.71. The van der Waals surface area contributed by atoms with Crippen LogP contribution in [-0.4, -0.2) is 87.2 Å². The van der Waals surface area contributed by atoms with Crippen LogP contribution in [0.25, 0.3) is 0 Å². The zero-order valence-electron chi connectivity index (χ0n) is 16.9. The first-order valence-corrected chi connectivity index (χ1v) is 10.0. The molecule has 3 rings (SSSR count). The van der Waals surface area contributed by atoms with Crippen LogP contribution >= 0.6 is 0 Å². The van der Waals surface area contributed by atoms with Crippen LogP contribution in [0.4, 0.5) is 8.78 Å². The van der Waals surface area contributed by atoms with Crippen LogP contribution in [0, 0.1) is 17.0 Å². The number of hydrogen-bond donors (Lipinski definition) is 0. The predicted octanol–water partition coefficient (Wildman–Crippen LogP) is 2.01. The number of carbonyl (C=O) groups excluding carboxylic acids is 1. The molecule has 1 aromatic rings. The van der Waals surface area contributed by atoms with Gasteiger partial charge in [0.1, 0.15) is 0 Å². The SMILES string of the molecule is CN(C)CCN1CCOCC2(CCN(C(=O)Cc3cccc(F)c3F)CC2)C1. The highest BCUT2D eigenvalue weighted by atomic mass is 19.2. The number of halogens is 2. The Morgan fingerprint density at radius 3 is 2.68 bits per heavy atom. The van der Waals surface area contributed by atoms with Crippen molar-refractivity contribution in [2.24, 2.45) is 5.41 Å². The number of likely N-dealkylation sites (N-methyl/N-ethyl adjacent to an activating group) is 1. The van der Waals surface area contributed by atoms with E-state index in [1.165, 1.54) is 12.1 Å². The number of likely N-dealkylation sites (tertiary alicyclic amines) is 1. The minimum atomic E-state index is -0.918.